The molecule has 0 spiro atoms. The lowest BCUT2D eigenvalue weighted by Gasteiger charge is -2.13. The normalized spacial score (nSPS) is 17.0. The first-order valence-corrected chi connectivity index (χ1v) is 9.78. The summed E-state index contributed by atoms with van der Waals surface area (Å²) in [5.41, 5.74) is 0. The van der Waals surface area contributed by atoms with Crippen molar-refractivity contribution in [3.8, 4) is 0 Å². The van der Waals surface area contributed by atoms with Crippen LogP contribution in [0.15, 0.2) is 34.2 Å². The average molecular weight is 497 g/mol. The number of hydrogen-bond acceptors (Lipinski definition) is 4. The molecule has 1 aromatic rings. The van der Waals surface area contributed by atoms with Crippen molar-refractivity contribution in [2.45, 2.75) is 30.3 Å². The number of hydrogen-bond donors (Lipinski definition) is 2. The molecule has 8 heteroatoms. The lowest BCUT2D eigenvalue weighted by atomic mass is 10.3. The van der Waals surface area contributed by atoms with Crippen LogP contribution in [0.3, 0.4) is 0 Å². The second-order valence-corrected chi connectivity index (χ2v) is 6.96. The highest BCUT2D eigenvalue weighted by atomic mass is 127. The Morgan fingerprint density at radius 2 is 2.00 bits per heavy atom. The first-order valence-electron chi connectivity index (χ1n) is 8.80. The summed E-state index contributed by atoms with van der Waals surface area (Å²) in [7, 11) is 1.77. The molecule has 0 bridgehead atoms. The van der Waals surface area contributed by atoms with Gasteiger partial charge in [0.15, 0.2) is 5.96 Å². The SMILES string of the molecule is CN=C(NCCCOC1CCOC1)NCCCSc1ccc(F)cc1.I. The number of aliphatic imine (C=N–C) groups is 1. The van der Waals surface area contributed by atoms with E-state index < -0.39 is 0 Å². The zero-order valence-electron chi connectivity index (χ0n) is 15.2. The van der Waals surface area contributed by atoms with Crippen molar-refractivity contribution >= 4 is 41.7 Å². The summed E-state index contributed by atoms with van der Waals surface area (Å²) in [6.07, 6.45) is 3.23. The van der Waals surface area contributed by atoms with Crippen LogP contribution in [0, 0.1) is 5.82 Å². The Balaban J connectivity index is 0.00000338. The Kier molecular flexibility index (Phi) is 13.1. The lowest BCUT2D eigenvalue weighted by Crippen LogP contribution is -2.38. The van der Waals surface area contributed by atoms with Crippen LogP contribution in [0.2, 0.25) is 0 Å². The smallest absolute Gasteiger partial charge is 0.190 e. The fraction of sp³-hybridized carbons (Fsp3) is 0.611. The first-order chi connectivity index (χ1) is 12.3. The van der Waals surface area contributed by atoms with Crippen LogP contribution in [-0.4, -0.2) is 57.8 Å². The third-order valence-electron chi connectivity index (χ3n) is 3.77. The highest BCUT2D eigenvalue weighted by Crippen LogP contribution is 2.18. The number of thioether (sulfide) groups is 1. The zero-order valence-corrected chi connectivity index (χ0v) is 18.4. The van der Waals surface area contributed by atoms with Gasteiger partial charge in [-0.1, -0.05) is 0 Å². The van der Waals surface area contributed by atoms with E-state index >= 15 is 0 Å². The van der Waals surface area contributed by atoms with Gasteiger partial charge in [-0.25, -0.2) is 4.39 Å². The molecular formula is C18H29FIN3O2S. The number of rotatable bonds is 10. The maximum Gasteiger partial charge on any atom is 0.190 e. The predicted octanol–water partition coefficient (Wildman–Crippen LogP) is 3.29. The fourth-order valence-corrected chi connectivity index (χ4v) is 3.25. The molecule has 1 fully saturated rings. The van der Waals surface area contributed by atoms with E-state index in [1.807, 2.05) is 12.1 Å². The molecule has 5 nitrogen and oxygen atoms in total. The summed E-state index contributed by atoms with van der Waals surface area (Å²) in [5, 5.41) is 6.59. The van der Waals surface area contributed by atoms with Crippen LogP contribution in [0.1, 0.15) is 19.3 Å². The van der Waals surface area contributed by atoms with Crippen LogP contribution in [0.5, 0.6) is 0 Å². The minimum atomic E-state index is -0.192. The molecule has 0 aliphatic carbocycles. The van der Waals surface area contributed by atoms with Crippen LogP contribution in [-0.2, 0) is 9.47 Å². The molecule has 0 aromatic heterocycles. The molecule has 1 aliphatic rings. The molecule has 26 heavy (non-hydrogen) atoms. The summed E-state index contributed by atoms with van der Waals surface area (Å²) in [6, 6.07) is 6.62. The Morgan fingerprint density at radius 3 is 2.65 bits per heavy atom. The minimum Gasteiger partial charge on any atom is -0.379 e. The van der Waals surface area contributed by atoms with E-state index in [2.05, 4.69) is 15.6 Å². The van der Waals surface area contributed by atoms with Gasteiger partial charge < -0.3 is 20.1 Å². The number of nitrogens with zero attached hydrogens (tertiary/aromatic N) is 1. The van der Waals surface area contributed by atoms with E-state index in [9.17, 15) is 4.39 Å². The molecule has 1 aliphatic heterocycles. The van der Waals surface area contributed by atoms with Crippen LogP contribution >= 0.6 is 35.7 Å². The standard InChI is InChI=1S/C18H28FN3O2S.HI/c1-20-18(21-9-2-11-24-16-8-12-23-14-16)22-10-3-13-25-17-6-4-15(19)5-7-17;/h4-7,16H,2-3,8-14H2,1H3,(H2,20,21,22);1H. The lowest BCUT2D eigenvalue weighted by molar-refractivity contribution is 0.0420. The zero-order chi connectivity index (χ0) is 17.7. The van der Waals surface area contributed by atoms with Gasteiger partial charge in [0.25, 0.3) is 0 Å². The molecule has 1 atom stereocenters. The molecule has 2 N–H and O–H groups in total. The molecule has 0 amide bonds. The number of ether oxygens (including phenoxy) is 2. The summed E-state index contributed by atoms with van der Waals surface area (Å²) >= 11 is 1.73. The molecule has 1 unspecified atom stereocenters. The van der Waals surface area contributed by atoms with E-state index in [0.29, 0.717) is 0 Å². The molecule has 148 valence electrons. The van der Waals surface area contributed by atoms with E-state index in [1.54, 1.807) is 18.8 Å². The summed E-state index contributed by atoms with van der Waals surface area (Å²) in [4.78, 5) is 5.31. The quantitative estimate of drug-likeness (QED) is 0.171. The first kappa shape index (κ1) is 23.5. The molecule has 0 radical (unpaired) electrons. The third-order valence-corrected chi connectivity index (χ3v) is 4.87. The Bertz CT molecular complexity index is 514. The van der Waals surface area contributed by atoms with Gasteiger partial charge in [-0.05, 0) is 49.3 Å². The Morgan fingerprint density at radius 1 is 1.27 bits per heavy atom. The van der Waals surface area contributed by atoms with Gasteiger partial charge in [-0.15, -0.1) is 35.7 Å². The molecule has 1 heterocycles. The fourth-order valence-electron chi connectivity index (χ4n) is 2.39. The minimum absolute atomic E-state index is 0. The van der Waals surface area contributed by atoms with E-state index in [0.717, 1.165) is 68.8 Å². The Hall–Kier alpha value is -0.580. The molecule has 1 aromatic carbocycles. The van der Waals surface area contributed by atoms with Crippen molar-refractivity contribution in [3.63, 3.8) is 0 Å². The van der Waals surface area contributed by atoms with E-state index in [4.69, 9.17) is 9.47 Å². The number of benzene rings is 1. The van der Waals surface area contributed by atoms with Gasteiger partial charge in [0.05, 0.1) is 12.7 Å². The van der Waals surface area contributed by atoms with Crippen LogP contribution in [0.4, 0.5) is 4.39 Å². The summed E-state index contributed by atoms with van der Waals surface area (Å²) < 4.78 is 23.8. The second kappa shape index (κ2) is 14.5. The monoisotopic (exact) mass is 497 g/mol. The van der Waals surface area contributed by atoms with Crippen molar-refractivity contribution in [1.82, 2.24) is 10.6 Å². The van der Waals surface area contributed by atoms with Gasteiger partial charge >= 0.3 is 0 Å². The van der Waals surface area contributed by atoms with Crippen LogP contribution < -0.4 is 10.6 Å². The highest BCUT2D eigenvalue weighted by molar-refractivity contribution is 14.0. The average Bonchev–Trinajstić information content (AvgIpc) is 3.14. The van der Waals surface area contributed by atoms with Gasteiger partial charge in [-0.2, -0.15) is 0 Å². The van der Waals surface area contributed by atoms with E-state index in [1.165, 1.54) is 12.1 Å². The maximum absolute atomic E-state index is 12.8. The number of guanidine groups is 1. The van der Waals surface area contributed by atoms with Crippen molar-refractivity contribution < 1.29 is 13.9 Å². The van der Waals surface area contributed by atoms with Gasteiger partial charge in [0.1, 0.15) is 5.82 Å². The molecule has 0 saturated carbocycles. The van der Waals surface area contributed by atoms with Gasteiger partial charge in [-0.3, -0.25) is 4.99 Å². The van der Waals surface area contributed by atoms with Gasteiger partial charge in [0.2, 0.25) is 0 Å². The maximum atomic E-state index is 12.8. The second-order valence-electron chi connectivity index (χ2n) is 5.79. The topological polar surface area (TPSA) is 54.9 Å². The molecule has 1 saturated heterocycles. The predicted molar refractivity (Wildman–Crippen MR) is 116 cm³/mol. The largest absolute Gasteiger partial charge is 0.379 e. The van der Waals surface area contributed by atoms with Crippen molar-refractivity contribution in [2.75, 3.05) is 45.7 Å². The van der Waals surface area contributed by atoms with Crippen molar-refractivity contribution in [2.24, 2.45) is 4.99 Å². The van der Waals surface area contributed by atoms with Gasteiger partial charge in [0, 0.05) is 38.2 Å². The van der Waals surface area contributed by atoms with Crippen molar-refractivity contribution in [3.05, 3.63) is 30.1 Å². The summed E-state index contributed by atoms with van der Waals surface area (Å²) in [5.74, 6) is 1.60. The molecular weight excluding hydrogens is 468 g/mol. The third kappa shape index (κ3) is 9.94. The Labute approximate surface area is 176 Å². The van der Waals surface area contributed by atoms with E-state index in [-0.39, 0.29) is 35.9 Å². The van der Waals surface area contributed by atoms with Crippen molar-refractivity contribution in [1.29, 1.82) is 0 Å². The summed E-state index contributed by atoms with van der Waals surface area (Å²) in [6.45, 7) is 3.97. The number of halogens is 2. The molecule has 2 rings (SSSR count). The van der Waals surface area contributed by atoms with Crippen LogP contribution in [0.25, 0.3) is 0 Å². The highest BCUT2D eigenvalue weighted by Gasteiger charge is 2.15. The number of nitrogens with one attached hydrogen (secondary N) is 2.